The molecule has 1 atom stereocenters. The predicted octanol–water partition coefficient (Wildman–Crippen LogP) is 3.22. The third kappa shape index (κ3) is 2.82. The maximum absolute atomic E-state index is 5.60. The minimum absolute atomic E-state index is 0.191. The van der Waals surface area contributed by atoms with Crippen molar-refractivity contribution in [1.29, 1.82) is 0 Å². The largest absolute Gasteiger partial charge is 0.465 e. The minimum atomic E-state index is 0.191. The standard InChI is InChI=1S/C14H21N3O/c1-10(2)17-8-7-15-14(17)9-16-12(4)13-6-5-11(3)18-13/h5-8,10,12,16H,9H2,1-4H3/t12-/m0/s1. The molecule has 0 bridgehead atoms. The second-order valence-electron chi connectivity index (χ2n) is 4.90. The summed E-state index contributed by atoms with van der Waals surface area (Å²) in [6.07, 6.45) is 3.86. The molecule has 0 fully saturated rings. The first-order chi connectivity index (χ1) is 8.58. The third-order valence-corrected chi connectivity index (χ3v) is 3.06. The van der Waals surface area contributed by atoms with E-state index in [2.05, 4.69) is 35.6 Å². The highest BCUT2D eigenvalue weighted by Gasteiger charge is 2.11. The van der Waals surface area contributed by atoms with Crippen molar-refractivity contribution < 1.29 is 4.42 Å². The Kier molecular flexibility index (Phi) is 3.87. The molecule has 0 radical (unpaired) electrons. The molecule has 0 aliphatic carbocycles. The van der Waals surface area contributed by atoms with Gasteiger partial charge in [0, 0.05) is 18.4 Å². The Morgan fingerprint density at radius 1 is 1.33 bits per heavy atom. The van der Waals surface area contributed by atoms with E-state index >= 15 is 0 Å². The SMILES string of the molecule is Cc1ccc([C@H](C)NCc2nccn2C(C)C)o1. The maximum Gasteiger partial charge on any atom is 0.122 e. The lowest BCUT2D eigenvalue weighted by Crippen LogP contribution is -2.20. The number of aromatic nitrogens is 2. The number of nitrogens with zero attached hydrogens (tertiary/aromatic N) is 2. The van der Waals surface area contributed by atoms with Crippen LogP contribution in [0.4, 0.5) is 0 Å². The molecule has 0 spiro atoms. The first-order valence-corrected chi connectivity index (χ1v) is 6.39. The number of hydrogen-bond acceptors (Lipinski definition) is 3. The summed E-state index contributed by atoms with van der Waals surface area (Å²) in [6, 6.07) is 4.63. The van der Waals surface area contributed by atoms with Crippen LogP contribution in [0, 0.1) is 6.92 Å². The first-order valence-electron chi connectivity index (χ1n) is 6.39. The van der Waals surface area contributed by atoms with Gasteiger partial charge < -0.3 is 14.3 Å². The van der Waals surface area contributed by atoms with Gasteiger partial charge in [0.1, 0.15) is 17.3 Å². The Balaban J connectivity index is 1.97. The summed E-state index contributed by atoms with van der Waals surface area (Å²) >= 11 is 0. The zero-order valence-corrected chi connectivity index (χ0v) is 11.5. The van der Waals surface area contributed by atoms with Crippen LogP contribution in [0.15, 0.2) is 28.9 Å². The molecule has 2 aromatic heterocycles. The van der Waals surface area contributed by atoms with Crippen LogP contribution < -0.4 is 5.32 Å². The van der Waals surface area contributed by atoms with Gasteiger partial charge in [-0.05, 0) is 39.8 Å². The fourth-order valence-electron chi connectivity index (χ4n) is 1.98. The molecule has 4 heteroatoms. The molecule has 0 saturated heterocycles. The van der Waals surface area contributed by atoms with Gasteiger partial charge in [0.15, 0.2) is 0 Å². The lowest BCUT2D eigenvalue weighted by molar-refractivity contribution is 0.408. The Morgan fingerprint density at radius 3 is 2.72 bits per heavy atom. The Hall–Kier alpha value is -1.55. The Labute approximate surface area is 108 Å². The Morgan fingerprint density at radius 2 is 2.11 bits per heavy atom. The van der Waals surface area contributed by atoms with Gasteiger partial charge in [-0.25, -0.2) is 4.98 Å². The van der Waals surface area contributed by atoms with Gasteiger partial charge in [0.05, 0.1) is 12.6 Å². The molecular weight excluding hydrogens is 226 g/mol. The number of aryl methyl sites for hydroxylation is 1. The molecule has 0 aliphatic rings. The second kappa shape index (κ2) is 5.40. The highest BCUT2D eigenvalue weighted by molar-refractivity contribution is 5.09. The predicted molar refractivity (Wildman–Crippen MR) is 71.3 cm³/mol. The average Bonchev–Trinajstić information content (AvgIpc) is 2.94. The van der Waals surface area contributed by atoms with E-state index in [1.54, 1.807) is 0 Å². The van der Waals surface area contributed by atoms with Gasteiger partial charge in [0.25, 0.3) is 0 Å². The molecule has 2 heterocycles. The van der Waals surface area contributed by atoms with Crippen molar-refractivity contribution in [3.8, 4) is 0 Å². The van der Waals surface area contributed by atoms with Crippen LogP contribution in [0.3, 0.4) is 0 Å². The van der Waals surface area contributed by atoms with Crippen LogP contribution in [0.25, 0.3) is 0 Å². The van der Waals surface area contributed by atoms with Gasteiger partial charge in [-0.2, -0.15) is 0 Å². The van der Waals surface area contributed by atoms with E-state index in [1.807, 2.05) is 31.5 Å². The van der Waals surface area contributed by atoms with Crippen molar-refractivity contribution in [2.24, 2.45) is 0 Å². The lowest BCUT2D eigenvalue weighted by atomic mass is 10.2. The summed E-state index contributed by atoms with van der Waals surface area (Å²) in [5.74, 6) is 2.97. The number of rotatable bonds is 5. The molecule has 18 heavy (non-hydrogen) atoms. The van der Waals surface area contributed by atoms with Crippen LogP contribution >= 0.6 is 0 Å². The van der Waals surface area contributed by atoms with Crippen molar-refractivity contribution in [3.05, 3.63) is 41.9 Å². The molecule has 0 aromatic carbocycles. The topological polar surface area (TPSA) is 43.0 Å². The van der Waals surface area contributed by atoms with Gasteiger partial charge in [0.2, 0.25) is 0 Å². The number of imidazole rings is 1. The first kappa shape index (κ1) is 12.9. The van der Waals surface area contributed by atoms with E-state index in [0.717, 1.165) is 23.9 Å². The summed E-state index contributed by atoms with van der Waals surface area (Å²) in [7, 11) is 0. The number of furan rings is 1. The minimum Gasteiger partial charge on any atom is -0.465 e. The van der Waals surface area contributed by atoms with Crippen LogP contribution in [0.5, 0.6) is 0 Å². The van der Waals surface area contributed by atoms with Gasteiger partial charge in [-0.15, -0.1) is 0 Å². The molecular formula is C14H21N3O. The molecule has 0 amide bonds. The van der Waals surface area contributed by atoms with E-state index in [9.17, 15) is 0 Å². The summed E-state index contributed by atoms with van der Waals surface area (Å²) in [5.41, 5.74) is 0. The number of hydrogen-bond donors (Lipinski definition) is 1. The maximum atomic E-state index is 5.60. The molecule has 1 N–H and O–H groups in total. The number of nitrogens with one attached hydrogen (secondary N) is 1. The smallest absolute Gasteiger partial charge is 0.122 e. The third-order valence-electron chi connectivity index (χ3n) is 3.06. The van der Waals surface area contributed by atoms with Gasteiger partial charge in [-0.1, -0.05) is 0 Å². The molecule has 0 aliphatic heterocycles. The molecule has 0 unspecified atom stereocenters. The zero-order valence-electron chi connectivity index (χ0n) is 11.5. The van der Waals surface area contributed by atoms with E-state index in [1.165, 1.54) is 0 Å². The van der Waals surface area contributed by atoms with Gasteiger partial charge >= 0.3 is 0 Å². The summed E-state index contributed by atoms with van der Waals surface area (Å²) < 4.78 is 7.78. The van der Waals surface area contributed by atoms with Crippen LogP contribution in [0.1, 0.15) is 50.2 Å². The monoisotopic (exact) mass is 247 g/mol. The highest BCUT2D eigenvalue weighted by atomic mass is 16.3. The van der Waals surface area contributed by atoms with Gasteiger partial charge in [-0.3, -0.25) is 0 Å². The van der Waals surface area contributed by atoms with E-state index in [0.29, 0.717) is 6.04 Å². The van der Waals surface area contributed by atoms with Crippen molar-refractivity contribution in [2.75, 3.05) is 0 Å². The van der Waals surface area contributed by atoms with Crippen molar-refractivity contribution in [1.82, 2.24) is 14.9 Å². The van der Waals surface area contributed by atoms with E-state index in [4.69, 9.17) is 4.42 Å². The fraction of sp³-hybridized carbons (Fsp3) is 0.500. The zero-order chi connectivity index (χ0) is 13.1. The molecule has 4 nitrogen and oxygen atoms in total. The van der Waals surface area contributed by atoms with Crippen molar-refractivity contribution in [2.45, 2.75) is 46.3 Å². The quantitative estimate of drug-likeness (QED) is 0.882. The van der Waals surface area contributed by atoms with Crippen LogP contribution in [0.2, 0.25) is 0 Å². The molecule has 0 saturated carbocycles. The Bertz CT molecular complexity index is 499. The average molecular weight is 247 g/mol. The van der Waals surface area contributed by atoms with E-state index in [-0.39, 0.29) is 6.04 Å². The molecule has 98 valence electrons. The van der Waals surface area contributed by atoms with Crippen LogP contribution in [-0.2, 0) is 6.54 Å². The summed E-state index contributed by atoms with van der Waals surface area (Å²) in [4.78, 5) is 4.38. The fourth-order valence-corrected chi connectivity index (χ4v) is 1.98. The summed E-state index contributed by atoms with van der Waals surface area (Å²) in [6.45, 7) is 9.11. The summed E-state index contributed by atoms with van der Waals surface area (Å²) in [5, 5.41) is 3.43. The van der Waals surface area contributed by atoms with Crippen molar-refractivity contribution >= 4 is 0 Å². The van der Waals surface area contributed by atoms with Crippen molar-refractivity contribution in [3.63, 3.8) is 0 Å². The molecule has 2 aromatic rings. The normalized spacial score (nSPS) is 13.2. The highest BCUT2D eigenvalue weighted by Crippen LogP contribution is 2.16. The lowest BCUT2D eigenvalue weighted by Gasteiger charge is -2.14. The second-order valence-corrected chi connectivity index (χ2v) is 4.90. The molecule has 2 rings (SSSR count). The van der Waals surface area contributed by atoms with E-state index < -0.39 is 0 Å². The van der Waals surface area contributed by atoms with Crippen LogP contribution in [-0.4, -0.2) is 9.55 Å².